The molecule has 4 aromatic rings. The lowest BCUT2D eigenvalue weighted by atomic mass is 9.97. The minimum Gasteiger partial charge on any atom is -0.481 e. The third kappa shape index (κ3) is 6.07. The van der Waals surface area contributed by atoms with Gasteiger partial charge in [-0.15, -0.1) is 0 Å². The number of hydrogen-bond donors (Lipinski definition) is 2. The van der Waals surface area contributed by atoms with Gasteiger partial charge in [0.2, 0.25) is 0 Å². The van der Waals surface area contributed by atoms with Crippen LogP contribution in [0.4, 0.5) is 16.2 Å². The number of carboxylic acids is 1. The van der Waals surface area contributed by atoms with E-state index in [4.69, 9.17) is 20.9 Å². The molecule has 1 aliphatic heterocycles. The lowest BCUT2D eigenvalue weighted by Crippen LogP contribution is -2.38. The van der Waals surface area contributed by atoms with Gasteiger partial charge in [-0.25, -0.2) is 4.79 Å². The van der Waals surface area contributed by atoms with E-state index >= 15 is 0 Å². The quantitative estimate of drug-likeness (QED) is 0.257. The summed E-state index contributed by atoms with van der Waals surface area (Å²) in [5, 5.41) is 16.7. The van der Waals surface area contributed by atoms with Gasteiger partial charge in [-0.05, 0) is 49.1 Å². The number of amides is 1. The van der Waals surface area contributed by atoms with Crippen LogP contribution in [-0.2, 0) is 16.1 Å². The molecule has 0 bridgehead atoms. The number of nitrogens with zero attached hydrogens (tertiary/aromatic N) is 2. The van der Waals surface area contributed by atoms with Gasteiger partial charge in [0, 0.05) is 34.9 Å². The van der Waals surface area contributed by atoms with Crippen LogP contribution in [0.15, 0.2) is 77.3 Å². The average Bonchev–Trinajstić information content (AvgIpc) is 3.32. The van der Waals surface area contributed by atoms with Crippen LogP contribution in [0.5, 0.6) is 0 Å². The van der Waals surface area contributed by atoms with Crippen LogP contribution in [0.3, 0.4) is 0 Å². The summed E-state index contributed by atoms with van der Waals surface area (Å²) >= 11 is 6.14. The van der Waals surface area contributed by atoms with Crippen LogP contribution < -0.4 is 10.2 Å². The topological polar surface area (TPSA) is 105 Å². The second kappa shape index (κ2) is 11.6. The Labute approximate surface area is 231 Å². The molecular weight excluding hydrogens is 518 g/mol. The van der Waals surface area contributed by atoms with Gasteiger partial charge in [0.05, 0.1) is 5.92 Å². The van der Waals surface area contributed by atoms with E-state index in [2.05, 4.69) is 15.4 Å². The summed E-state index contributed by atoms with van der Waals surface area (Å²) < 4.78 is 10.9. The van der Waals surface area contributed by atoms with E-state index in [1.165, 1.54) is 0 Å². The molecule has 39 heavy (non-hydrogen) atoms. The maximum Gasteiger partial charge on any atom is 0.412 e. The fourth-order valence-electron chi connectivity index (χ4n) is 4.70. The van der Waals surface area contributed by atoms with Gasteiger partial charge in [0.25, 0.3) is 0 Å². The van der Waals surface area contributed by atoms with Crippen LogP contribution in [0, 0.1) is 12.8 Å². The lowest BCUT2D eigenvalue weighted by molar-refractivity contribution is -0.141. The molecule has 200 valence electrons. The van der Waals surface area contributed by atoms with Gasteiger partial charge < -0.3 is 19.3 Å². The second-order valence-electron chi connectivity index (χ2n) is 9.51. The molecule has 1 amide bonds. The Kier molecular flexibility index (Phi) is 7.84. The standard InChI is InChI=1S/C30H28ClN3O5/c1-19-27(32-30(37)38-18-24-5-2-3-7-26(24)31)28(39-33-19)22-10-8-20(9-11-22)21-12-14-25(15-13-21)34-16-4-6-23(17-34)29(35)36/h2-3,5,7-15,23H,4,6,16-18H2,1H3,(H,32,37)(H,35,36). The summed E-state index contributed by atoms with van der Waals surface area (Å²) in [7, 11) is 0. The number of rotatable bonds is 7. The van der Waals surface area contributed by atoms with E-state index in [0.717, 1.165) is 41.8 Å². The molecular formula is C30H28ClN3O5. The Morgan fingerprint density at radius 3 is 2.41 bits per heavy atom. The van der Waals surface area contributed by atoms with Crippen molar-refractivity contribution in [3.63, 3.8) is 0 Å². The van der Waals surface area contributed by atoms with Crippen molar-refractivity contribution in [2.75, 3.05) is 23.3 Å². The zero-order valence-corrected chi connectivity index (χ0v) is 22.1. The maximum atomic E-state index is 12.5. The zero-order chi connectivity index (χ0) is 27.4. The van der Waals surface area contributed by atoms with Crippen molar-refractivity contribution in [1.29, 1.82) is 0 Å². The summed E-state index contributed by atoms with van der Waals surface area (Å²) in [6.45, 7) is 3.17. The smallest absolute Gasteiger partial charge is 0.412 e. The summed E-state index contributed by atoms with van der Waals surface area (Å²) in [4.78, 5) is 26.0. The molecule has 2 N–H and O–H groups in total. The molecule has 1 saturated heterocycles. The van der Waals surface area contributed by atoms with Gasteiger partial charge in [-0.3, -0.25) is 10.1 Å². The molecule has 8 nitrogen and oxygen atoms in total. The van der Waals surface area contributed by atoms with E-state index in [-0.39, 0.29) is 12.5 Å². The highest BCUT2D eigenvalue weighted by molar-refractivity contribution is 6.31. The molecule has 9 heteroatoms. The third-order valence-electron chi connectivity index (χ3n) is 6.89. The summed E-state index contributed by atoms with van der Waals surface area (Å²) in [5.74, 6) is -0.623. The van der Waals surface area contributed by atoms with Gasteiger partial charge in [-0.1, -0.05) is 71.4 Å². The minimum absolute atomic E-state index is 0.0382. The van der Waals surface area contributed by atoms with Crippen molar-refractivity contribution in [3.8, 4) is 22.5 Å². The van der Waals surface area contributed by atoms with Crippen LogP contribution in [0.1, 0.15) is 24.1 Å². The van der Waals surface area contributed by atoms with Crippen molar-refractivity contribution < 1.29 is 24.0 Å². The van der Waals surface area contributed by atoms with Crippen molar-refractivity contribution in [2.24, 2.45) is 5.92 Å². The molecule has 3 aromatic carbocycles. The highest BCUT2D eigenvalue weighted by Crippen LogP contribution is 2.33. The van der Waals surface area contributed by atoms with Crippen molar-refractivity contribution in [1.82, 2.24) is 5.16 Å². The Bertz CT molecular complexity index is 1470. The Morgan fingerprint density at radius 2 is 1.72 bits per heavy atom. The zero-order valence-electron chi connectivity index (χ0n) is 21.4. The van der Waals surface area contributed by atoms with E-state index in [1.54, 1.807) is 19.1 Å². The van der Waals surface area contributed by atoms with Gasteiger partial charge in [-0.2, -0.15) is 0 Å². The number of halogens is 1. The Morgan fingerprint density at radius 1 is 1.05 bits per heavy atom. The maximum absolute atomic E-state index is 12.5. The molecule has 5 rings (SSSR count). The van der Waals surface area contributed by atoms with Crippen LogP contribution >= 0.6 is 11.6 Å². The highest BCUT2D eigenvalue weighted by Gasteiger charge is 2.25. The first-order valence-corrected chi connectivity index (χ1v) is 13.1. The molecule has 1 aliphatic rings. The first kappa shape index (κ1) is 26.3. The highest BCUT2D eigenvalue weighted by atomic mass is 35.5. The molecule has 2 heterocycles. The molecule has 1 fully saturated rings. The number of aryl methyl sites for hydroxylation is 1. The predicted molar refractivity (Wildman–Crippen MR) is 150 cm³/mol. The largest absolute Gasteiger partial charge is 0.481 e. The molecule has 1 unspecified atom stereocenters. The lowest BCUT2D eigenvalue weighted by Gasteiger charge is -2.32. The van der Waals surface area contributed by atoms with Crippen LogP contribution in [-0.4, -0.2) is 35.4 Å². The van der Waals surface area contributed by atoms with Gasteiger partial charge in [0.1, 0.15) is 18.0 Å². The molecule has 0 saturated carbocycles. The summed E-state index contributed by atoms with van der Waals surface area (Å²) in [5.41, 5.74) is 5.51. The predicted octanol–water partition coefficient (Wildman–Crippen LogP) is 7.02. The van der Waals surface area contributed by atoms with Crippen molar-refractivity contribution in [3.05, 3.63) is 89.1 Å². The third-order valence-corrected chi connectivity index (χ3v) is 7.26. The fraction of sp³-hybridized carbons (Fsp3) is 0.233. The number of carboxylic acid groups (broad SMARTS) is 1. The number of ether oxygens (including phenoxy) is 1. The van der Waals surface area contributed by atoms with Gasteiger partial charge in [0.15, 0.2) is 5.76 Å². The summed E-state index contributed by atoms with van der Waals surface area (Å²) in [6.07, 6.45) is 0.960. The van der Waals surface area contributed by atoms with Crippen LogP contribution in [0.2, 0.25) is 5.02 Å². The number of nitrogens with one attached hydrogen (secondary N) is 1. The van der Waals surface area contributed by atoms with E-state index in [0.29, 0.717) is 34.3 Å². The molecule has 1 aromatic heterocycles. The number of benzene rings is 3. The number of aliphatic carboxylic acids is 1. The first-order valence-electron chi connectivity index (χ1n) is 12.7. The monoisotopic (exact) mass is 545 g/mol. The Hall–Kier alpha value is -4.30. The van der Waals surface area contributed by atoms with Gasteiger partial charge >= 0.3 is 12.1 Å². The SMILES string of the molecule is Cc1noc(-c2ccc(-c3ccc(N4CCCC(C(=O)O)C4)cc3)cc2)c1NC(=O)OCc1ccccc1Cl. The number of piperidine rings is 1. The summed E-state index contributed by atoms with van der Waals surface area (Å²) in [6, 6.07) is 23.1. The number of anilines is 2. The molecule has 0 aliphatic carbocycles. The second-order valence-corrected chi connectivity index (χ2v) is 9.92. The van der Waals surface area contributed by atoms with E-state index in [9.17, 15) is 14.7 Å². The minimum atomic E-state index is -0.731. The molecule has 0 spiro atoms. The van der Waals surface area contributed by atoms with Crippen LogP contribution in [0.25, 0.3) is 22.5 Å². The normalized spacial score (nSPS) is 15.1. The Balaban J connectivity index is 1.25. The number of carbonyl (C=O) groups is 2. The fourth-order valence-corrected chi connectivity index (χ4v) is 4.89. The van der Waals surface area contributed by atoms with Crippen molar-refractivity contribution in [2.45, 2.75) is 26.4 Å². The molecule has 0 radical (unpaired) electrons. The number of aromatic nitrogens is 1. The average molecular weight is 546 g/mol. The molecule has 1 atom stereocenters. The number of carbonyl (C=O) groups excluding carboxylic acids is 1. The van der Waals surface area contributed by atoms with E-state index < -0.39 is 12.1 Å². The first-order chi connectivity index (χ1) is 18.9. The van der Waals surface area contributed by atoms with E-state index in [1.807, 2.05) is 60.7 Å². The number of hydrogen-bond acceptors (Lipinski definition) is 6. The van der Waals surface area contributed by atoms with Crippen molar-refractivity contribution >= 4 is 35.0 Å².